The number of nitrogens with one attached hydrogen (secondary N) is 1. The Morgan fingerprint density at radius 2 is 1.86 bits per heavy atom. The van der Waals surface area contributed by atoms with Gasteiger partial charge in [-0.25, -0.2) is 0 Å². The molecule has 0 atom stereocenters. The molecule has 1 saturated heterocycles. The summed E-state index contributed by atoms with van der Waals surface area (Å²) in [4.78, 5) is 2.76. The molecule has 0 aromatic heterocycles. The van der Waals surface area contributed by atoms with E-state index in [1.165, 1.54) is 51.7 Å². The van der Waals surface area contributed by atoms with Gasteiger partial charge in [0.1, 0.15) is 0 Å². The highest BCUT2D eigenvalue weighted by Crippen LogP contribution is 2.36. The molecule has 0 amide bonds. The van der Waals surface area contributed by atoms with Crippen molar-refractivity contribution in [2.45, 2.75) is 44.4 Å². The van der Waals surface area contributed by atoms with Crippen LogP contribution in [-0.2, 0) is 5.41 Å². The molecule has 2 aliphatic rings. The minimum atomic E-state index is 0.372. The molecule has 3 rings (SSSR count). The van der Waals surface area contributed by atoms with Crippen molar-refractivity contribution in [2.24, 2.45) is 5.92 Å². The van der Waals surface area contributed by atoms with Gasteiger partial charge in [-0.1, -0.05) is 37.3 Å². The lowest BCUT2D eigenvalue weighted by Crippen LogP contribution is -2.48. The first-order valence-corrected chi connectivity index (χ1v) is 8.81. The fourth-order valence-corrected chi connectivity index (χ4v) is 3.88. The van der Waals surface area contributed by atoms with Gasteiger partial charge < -0.3 is 10.2 Å². The fraction of sp³-hybridized carbons (Fsp3) is 0.684. The van der Waals surface area contributed by atoms with Crippen LogP contribution in [0.25, 0.3) is 0 Å². The number of rotatable bonds is 7. The van der Waals surface area contributed by atoms with E-state index in [0.717, 1.165) is 19.0 Å². The first-order valence-electron chi connectivity index (χ1n) is 8.81. The number of hydrogen-bond donors (Lipinski definition) is 1. The third-order valence-corrected chi connectivity index (χ3v) is 5.23. The second-order valence-electron chi connectivity index (χ2n) is 7.07. The van der Waals surface area contributed by atoms with E-state index in [1.807, 2.05) is 0 Å². The Kier molecular flexibility index (Phi) is 4.97. The molecule has 116 valence electrons. The molecule has 1 aromatic rings. The van der Waals surface area contributed by atoms with Crippen LogP contribution in [0.5, 0.6) is 0 Å². The predicted octanol–water partition coefficient (Wildman–Crippen LogP) is 3.43. The van der Waals surface area contributed by atoms with Crippen LogP contribution in [-0.4, -0.2) is 37.6 Å². The van der Waals surface area contributed by atoms with E-state index < -0.39 is 0 Å². The minimum absolute atomic E-state index is 0.372. The van der Waals surface area contributed by atoms with Crippen molar-refractivity contribution in [1.82, 2.24) is 10.2 Å². The van der Waals surface area contributed by atoms with Gasteiger partial charge in [-0.15, -0.1) is 0 Å². The number of benzene rings is 1. The molecular formula is C19H30N2. The maximum absolute atomic E-state index is 3.55. The van der Waals surface area contributed by atoms with Gasteiger partial charge in [-0.05, 0) is 63.2 Å². The monoisotopic (exact) mass is 286 g/mol. The van der Waals surface area contributed by atoms with Crippen molar-refractivity contribution >= 4 is 0 Å². The molecule has 0 unspecified atom stereocenters. The quantitative estimate of drug-likeness (QED) is 0.826. The second kappa shape index (κ2) is 6.93. The van der Waals surface area contributed by atoms with Crippen LogP contribution in [0, 0.1) is 5.92 Å². The lowest BCUT2D eigenvalue weighted by Gasteiger charge is -2.42. The van der Waals surface area contributed by atoms with E-state index in [2.05, 4.69) is 47.5 Å². The summed E-state index contributed by atoms with van der Waals surface area (Å²) in [6, 6.07) is 11.3. The predicted molar refractivity (Wildman–Crippen MR) is 89.7 cm³/mol. The topological polar surface area (TPSA) is 15.3 Å². The number of nitrogens with zero attached hydrogens (tertiary/aromatic N) is 1. The summed E-state index contributed by atoms with van der Waals surface area (Å²) in [5.74, 6) is 0.992. The van der Waals surface area contributed by atoms with E-state index in [-0.39, 0.29) is 0 Å². The molecule has 21 heavy (non-hydrogen) atoms. The Morgan fingerprint density at radius 1 is 1.14 bits per heavy atom. The summed E-state index contributed by atoms with van der Waals surface area (Å²) in [6.07, 6.45) is 6.75. The molecule has 0 spiro atoms. The first kappa shape index (κ1) is 15.1. The van der Waals surface area contributed by atoms with Crippen molar-refractivity contribution in [2.75, 3.05) is 32.7 Å². The summed E-state index contributed by atoms with van der Waals surface area (Å²) >= 11 is 0. The maximum atomic E-state index is 3.55. The molecule has 2 heteroatoms. The van der Waals surface area contributed by atoms with E-state index in [9.17, 15) is 0 Å². The van der Waals surface area contributed by atoms with Crippen LogP contribution in [0.15, 0.2) is 30.3 Å². The minimum Gasteiger partial charge on any atom is -0.317 e. The highest BCUT2D eigenvalue weighted by Gasteiger charge is 2.36. The molecular weight excluding hydrogens is 256 g/mol. The zero-order valence-corrected chi connectivity index (χ0v) is 13.5. The average Bonchev–Trinajstić information content (AvgIpc) is 3.33. The average molecular weight is 286 g/mol. The van der Waals surface area contributed by atoms with E-state index >= 15 is 0 Å². The number of hydrogen-bond acceptors (Lipinski definition) is 2. The molecule has 0 bridgehead atoms. The van der Waals surface area contributed by atoms with Gasteiger partial charge in [0.25, 0.3) is 0 Å². The van der Waals surface area contributed by atoms with Gasteiger partial charge in [0, 0.05) is 18.5 Å². The maximum Gasteiger partial charge on any atom is 0.0104 e. The zero-order valence-electron chi connectivity index (χ0n) is 13.5. The summed E-state index contributed by atoms with van der Waals surface area (Å²) in [5, 5.41) is 3.55. The lowest BCUT2D eigenvalue weighted by molar-refractivity contribution is 0.168. The van der Waals surface area contributed by atoms with Gasteiger partial charge in [-0.2, -0.15) is 0 Å². The highest BCUT2D eigenvalue weighted by atomic mass is 15.1. The normalized spacial score (nSPS) is 21.6. The van der Waals surface area contributed by atoms with Crippen LogP contribution in [0.3, 0.4) is 0 Å². The molecule has 1 heterocycles. The van der Waals surface area contributed by atoms with Crippen molar-refractivity contribution in [1.29, 1.82) is 0 Å². The molecule has 1 saturated carbocycles. The lowest BCUT2D eigenvalue weighted by atomic mass is 9.72. The summed E-state index contributed by atoms with van der Waals surface area (Å²) in [6.45, 7) is 8.49. The summed E-state index contributed by atoms with van der Waals surface area (Å²) in [7, 11) is 0. The standard InChI is InChI=1S/C19H30N2/c1-2-14-21(15-17-8-9-17)16-19(10-12-20-13-11-19)18-6-4-3-5-7-18/h3-7,17,20H,2,8-16H2,1H3. The molecule has 2 fully saturated rings. The molecule has 0 radical (unpaired) electrons. The van der Waals surface area contributed by atoms with Gasteiger partial charge >= 0.3 is 0 Å². The Hall–Kier alpha value is -0.860. The van der Waals surface area contributed by atoms with Crippen LogP contribution >= 0.6 is 0 Å². The van der Waals surface area contributed by atoms with E-state index in [1.54, 1.807) is 5.56 Å². The van der Waals surface area contributed by atoms with Crippen LogP contribution in [0.2, 0.25) is 0 Å². The second-order valence-corrected chi connectivity index (χ2v) is 7.07. The Bertz CT molecular complexity index is 418. The molecule has 1 aromatic carbocycles. The number of piperidine rings is 1. The highest BCUT2D eigenvalue weighted by molar-refractivity contribution is 5.27. The molecule has 2 nitrogen and oxygen atoms in total. The Balaban J connectivity index is 1.77. The Morgan fingerprint density at radius 3 is 2.48 bits per heavy atom. The summed E-state index contributed by atoms with van der Waals surface area (Å²) in [5.41, 5.74) is 1.93. The van der Waals surface area contributed by atoms with Crippen LogP contribution < -0.4 is 5.32 Å². The van der Waals surface area contributed by atoms with Crippen molar-refractivity contribution in [3.05, 3.63) is 35.9 Å². The SMILES string of the molecule is CCCN(CC1CC1)CC1(c2ccccc2)CCNCC1. The third-order valence-electron chi connectivity index (χ3n) is 5.23. The third kappa shape index (κ3) is 3.87. The van der Waals surface area contributed by atoms with Crippen molar-refractivity contribution in [3.8, 4) is 0 Å². The van der Waals surface area contributed by atoms with Crippen molar-refractivity contribution in [3.63, 3.8) is 0 Å². The fourth-order valence-electron chi connectivity index (χ4n) is 3.88. The molecule has 1 aliphatic carbocycles. The van der Waals surface area contributed by atoms with Gasteiger partial charge in [0.05, 0.1) is 0 Å². The largest absolute Gasteiger partial charge is 0.317 e. The zero-order chi connectivity index (χ0) is 14.5. The van der Waals surface area contributed by atoms with Gasteiger partial charge in [-0.3, -0.25) is 0 Å². The van der Waals surface area contributed by atoms with Gasteiger partial charge in [0.15, 0.2) is 0 Å². The first-order chi connectivity index (χ1) is 10.3. The van der Waals surface area contributed by atoms with E-state index in [0.29, 0.717) is 5.41 Å². The molecule has 1 aliphatic heterocycles. The summed E-state index contributed by atoms with van der Waals surface area (Å²) < 4.78 is 0. The van der Waals surface area contributed by atoms with Crippen molar-refractivity contribution < 1.29 is 0 Å². The van der Waals surface area contributed by atoms with Gasteiger partial charge in [0.2, 0.25) is 0 Å². The molecule has 1 N–H and O–H groups in total. The Labute approximate surface area is 129 Å². The van der Waals surface area contributed by atoms with E-state index in [4.69, 9.17) is 0 Å². The van der Waals surface area contributed by atoms with Crippen LogP contribution in [0.1, 0.15) is 44.6 Å². The smallest absolute Gasteiger partial charge is 0.0104 e. The van der Waals surface area contributed by atoms with Crippen LogP contribution in [0.4, 0.5) is 0 Å².